The number of rotatable bonds is 2. The van der Waals surface area contributed by atoms with Gasteiger partial charge in [-0.15, -0.1) is 0 Å². The molecule has 0 amide bonds. The van der Waals surface area contributed by atoms with E-state index in [2.05, 4.69) is 4.98 Å². The summed E-state index contributed by atoms with van der Waals surface area (Å²) in [5.74, 6) is 0.423. The first-order valence-electron chi connectivity index (χ1n) is 6.63. The predicted octanol–water partition coefficient (Wildman–Crippen LogP) is 3.75. The van der Waals surface area contributed by atoms with Gasteiger partial charge in [0.25, 0.3) is 0 Å². The number of nitrogens with zero attached hydrogens (tertiary/aromatic N) is 2. The van der Waals surface area contributed by atoms with E-state index < -0.39 is 0 Å². The number of para-hydroxylation sites is 1. The van der Waals surface area contributed by atoms with Crippen LogP contribution in [0.3, 0.4) is 0 Å². The summed E-state index contributed by atoms with van der Waals surface area (Å²) in [6.07, 6.45) is 0. The van der Waals surface area contributed by atoms with Crippen molar-refractivity contribution in [2.75, 3.05) is 5.73 Å². The van der Waals surface area contributed by atoms with E-state index in [-0.39, 0.29) is 5.82 Å². The highest BCUT2D eigenvalue weighted by Gasteiger charge is 2.17. The van der Waals surface area contributed by atoms with Gasteiger partial charge in [-0.25, -0.2) is 9.37 Å². The molecule has 3 nitrogen and oxygen atoms in total. The lowest BCUT2D eigenvalue weighted by molar-refractivity contribution is 0.637. The lowest BCUT2D eigenvalue weighted by Crippen LogP contribution is -2.01. The van der Waals surface area contributed by atoms with Gasteiger partial charge >= 0.3 is 0 Å². The first kappa shape index (κ1) is 12.7. The Morgan fingerprint density at radius 1 is 1.20 bits per heavy atom. The number of imidazole rings is 1. The quantitative estimate of drug-likeness (QED) is 0.720. The van der Waals surface area contributed by atoms with E-state index >= 15 is 0 Å². The van der Waals surface area contributed by atoms with Crippen molar-refractivity contribution in [3.8, 4) is 11.4 Å². The molecule has 0 saturated carbocycles. The minimum atomic E-state index is -0.303. The van der Waals surface area contributed by atoms with E-state index in [1.54, 1.807) is 6.07 Å². The minimum Gasteiger partial charge on any atom is -0.398 e. The average molecular weight is 269 g/mol. The molecule has 0 bridgehead atoms. The van der Waals surface area contributed by atoms with Crippen LogP contribution in [0.2, 0.25) is 0 Å². The molecule has 0 aliphatic carbocycles. The zero-order chi connectivity index (χ0) is 14.3. The molecule has 3 aromatic rings. The second kappa shape index (κ2) is 4.63. The van der Waals surface area contributed by atoms with Gasteiger partial charge < -0.3 is 10.3 Å². The lowest BCUT2D eigenvalue weighted by atomic mass is 10.1. The maximum absolute atomic E-state index is 13.9. The van der Waals surface area contributed by atoms with Crippen LogP contribution >= 0.6 is 0 Å². The number of hydrogen-bond donors (Lipinski definition) is 1. The summed E-state index contributed by atoms with van der Waals surface area (Å²) in [4.78, 5) is 4.48. The largest absolute Gasteiger partial charge is 0.398 e. The van der Waals surface area contributed by atoms with Crippen molar-refractivity contribution in [1.29, 1.82) is 0 Å². The molecule has 2 N–H and O–H groups in total. The van der Waals surface area contributed by atoms with Gasteiger partial charge in [-0.05, 0) is 37.6 Å². The molecule has 0 aliphatic heterocycles. The number of nitrogen functional groups attached to an aromatic ring is 1. The molecule has 0 aliphatic rings. The van der Waals surface area contributed by atoms with Crippen LogP contribution in [-0.2, 0) is 6.54 Å². The summed E-state index contributed by atoms with van der Waals surface area (Å²) in [5.41, 5.74) is 9.86. The normalized spacial score (nSPS) is 11.2. The van der Waals surface area contributed by atoms with Crippen LogP contribution in [0.25, 0.3) is 22.4 Å². The summed E-state index contributed by atoms with van der Waals surface area (Å²) in [5, 5.41) is 0. The molecule has 0 radical (unpaired) electrons. The SMILES string of the molecule is CCn1c(-c2c(C)cccc2N)nc2c(F)cccc21. The maximum Gasteiger partial charge on any atom is 0.151 e. The van der Waals surface area contributed by atoms with E-state index in [0.717, 1.165) is 22.5 Å². The maximum atomic E-state index is 13.9. The van der Waals surface area contributed by atoms with Crippen molar-refractivity contribution < 1.29 is 4.39 Å². The lowest BCUT2D eigenvalue weighted by Gasteiger charge is -2.11. The van der Waals surface area contributed by atoms with Gasteiger partial charge in [0.1, 0.15) is 11.3 Å². The summed E-state index contributed by atoms with van der Waals surface area (Å²) in [6, 6.07) is 10.8. The van der Waals surface area contributed by atoms with Crippen molar-refractivity contribution in [2.45, 2.75) is 20.4 Å². The molecule has 0 spiro atoms. The summed E-state index contributed by atoms with van der Waals surface area (Å²) in [7, 11) is 0. The highest BCUT2D eigenvalue weighted by Crippen LogP contribution is 2.32. The minimum absolute atomic E-state index is 0.303. The third-order valence-corrected chi connectivity index (χ3v) is 3.57. The van der Waals surface area contributed by atoms with Gasteiger partial charge in [0.2, 0.25) is 0 Å². The van der Waals surface area contributed by atoms with E-state index in [4.69, 9.17) is 5.73 Å². The van der Waals surface area contributed by atoms with Gasteiger partial charge in [0.05, 0.1) is 5.52 Å². The number of aromatic nitrogens is 2. The number of fused-ring (bicyclic) bond motifs is 1. The summed E-state index contributed by atoms with van der Waals surface area (Å²) >= 11 is 0. The first-order valence-corrected chi connectivity index (χ1v) is 6.63. The molecule has 1 aromatic heterocycles. The van der Waals surface area contributed by atoms with Gasteiger partial charge in [-0.3, -0.25) is 0 Å². The third-order valence-electron chi connectivity index (χ3n) is 3.57. The highest BCUT2D eigenvalue weighted by molar-refractivity contribution is 5.85. The molecule has 0 saturated heterocycles. The zero-order valence-corrected chi connectivity index (χ0v) is 11.5. The van der Waals surface area contributed by atoms with Gasteiger partial charge in [0.15, 0.2) is 5.82 Å². The highest BCUT2D eigenvalue weighted by atomic mass is 19.1. The second-order valence-electron chi connectivity index (χ2n) is 4.83. The van der Waals surface area contributed by atoms with Crippen LogP contribution in [0, 0.1) is 12.7 Å². The zero-order valence-electron chi connectivity index (χ0n) is 11.5. The van der Waals surface area contributed by atoms with Crippen LogP contribution < -0.4 is 5.73 Å². The summed E-state index contributed by atoms with van der Waals surface area (Å²) in [6.45, 7) is 4.72. The average Bonchev–Trinajstić information content (AvgIpc) is 2.78. The fraction of sp³-hybridized carbons (Fsp3) is 0.188. The number of anilines is 1. The number of nitrogens with two attached hydrogens (primary N) is 1. The van der Waals surface area contributed by atoms with Crippen LogP contribution in [-0.4, -0.2) is 9.55 Å². The van der Waals surface area contributed by atoms with Crippen LogP contribution in [0.1, 0.15) is 12.5 Å². The topological polar surface area (TPSA) is 43.8 Å². The van der Waals surface area contributed by atoms with Crippen LogP contribution in [0.5, 0.6) is 0 Å². The summed E-state index contributed by atoms with van der Waals surface area (Å²) < 4.78 is 15.9. The Morgan fingerprint density at radius 2 is 1.95 bits per heavy atom. The monoisotopic (exact) mass is 269 g/mol. The van der Waals surface area contributed by atoms with Crippen molar-refractivity contribution in [1.82, 2.24) is 9.55 Å². The van der Waals surface area contributed by atoms with Gasteiger partial charge in [-0.2, -0.15) is 0 Å². The predicted molar refractivity (Wildman–Crippen MR) is 80.0 cm³/mol. The van der Waals surface area contributed by atoms with Gasteiger partial charge in [-0.1, -0.05) is 18.2 Å². The Hall–Kier alpha value is -2.36. The third kappa shape index (κ3) is 1.76. The molecule has 0 fully saturated rings. The van der Waals surface area contributed by atoms with Crippen molar-refractivity contribution in [3.63, 3.8) is 0 Å². The fourth-order valence-electron chi connectivity index (χ4n) is 2.62. The molecule has 20 heavy (non-hydrogen) atoms. The van der Waals surface area contributed by atoms with Crippen molar-refractivity contribution >= 4 is 16.7 Å². The van der Waals surface area contributed by atoms with E-state index in [9.17, 15) is 4.39 Å². The molecule has 0 unspecified atom stereocenters. The molecule has 3 rings (SSSR count). The molecule has 2 aromatic carbocycles. The number of halogens is 1. The van der Waals surface area contributed by atoms with Crippen LogP contribution in [0.15, 0.2) is 36.4 Å². The number of hydrogen-bond acceptors (Lipinski definition) is 2. The van der Waals surface area contributed by atoms with E-state index in [0.29, 0.717) is 17.7 Å². The van der Waals surface area contributed by atoms with E-state index in [1.165, 1.54) is 6.07 Å². The standard InChI is InChI=1S/C16H16FN3/c1-3-20-13-9-5-7-11(17)15(13)19-16(20)14-10(2)6-4-8-12(14)18/h4-9H,3,18H2,1-2H3. The Kier molecular flexibility index (Phi) is 2.93. The fourth-order valence-corrected chi connectivity index (χ4v) is 2.62. The smallest absolute Gasteiger partial charge is 0.151 e. The molecule has 0 atom stereocenters. The van der Waals surface area contributed by atoms with Crippen molar-refractivity contribution in [2.24, 2.45) is 0 Å². The second-order valence-corrected chi connectivity index (χ2v) is 4.83. The Bertz CT molecular complexity index is 770. The number of benzene rings is 2. The Balaban J connectivity index is 2.40. The number of aryl methyl sites for hydroxylation is 2. The van der Waals surface area contributed by atoms with Crippen LogP contribution in [0.4, 0.5) is 10.1 Å². The Labute approximate surface area is 116 Å². The molecular weight excluding hydrogens is 253 g/mol. The first-order chi connectivity index (χ1) is 9.63. The molecule has 4 heteroatoms. The molecular formula is C16H16FN3. The van der Waals surface area contributed by atoms with Crippen molar-refractivity contribution in [3.05, 3.63) is 47.8 Å². The molecule has 1 heterocycles. The molecule has 102 valence electrons. The van der Waals surface area contributed by atoms with Gasteiger partial charge in [0, 0.05) is 17.8 Å². The van der Waals surface area contributed by atoms with E-state index in [1.807, 2.05) is 42.7 Å². The Morgan fingerprint density at radius 3 is 2.65 bits per heavy atom.